The second kappa shape index (κ2) is 12.2. The molecule has 0 unspecified atom stereocenters. The van der Waals surface area contributed by atoms with Crippen molar-refractivity contribution in [3.05, 3.63) is 53.2 Å². The monoisotopic (exact) mass is 515 g/mol. The third-order valence-corrected chi connectivity index (χ3v) is 6.84. The molecule has 10 heteroatoms. The van der Waals surface area contributed by atoms with E-state index in [2.05, 4.69) is 4.90 Å². The molecule has 1 saturated heterocycles. The number of hydrogen-bond donors (Lipinski definition) is 0. The normalized spacial score (nSPS) is 13.9. The molecule has 0 atom stereocenters. The first-order valence-corrected chi connectivity index (χ1v) is 12.6. The van der Waals surface area contributed by atoms with Gasteiger partial charge in [0.1, 0.15) is 5.82 Å². The third-order valence-electron chi connectivity index (χ3n) is 5.98. The molecule has 0 bridgehead atoms. The molecule has 3 aromatic rings. The van der Waals surface area contributed by atoms with Gasteiger partial charge in [-0.1, -0.05) is 0 Å². The highest BCUT2D eigenvalue weighted by molar-refractivity contribution is 7.14. The van der Waals surface area contributed by atoms with Gasteiger partial charge in [0.15, 0.2) is 16.6 Å². The molecule has 1 aromatic heterocycles. The van der Waals surface area contributed by atoms with Gasteiger partial charge in [0.05, 0.1) is 40.2 Å². The summed E-state index contributed by atoms with van der Waals surface area (Å²) in [5, 5.41) is 2.44. The van der Waals surface area contributed by atoms with Crippen molar-refractivity contribution in [3.8, 4) is 28.5 Å². The first-order chi connectivity index (χ1) is 17.5. The van der Waals surface area contributed by atoms with Crippen molar-refractivity contribution in [2.24, 2.45) is 0 Å². The van der Waals surface area contributed by atoms with Gasteiger partial charge in [-0.15, -0.1) is 11.3 Å². The zero-order valence-corrected chi connectivity index (χ0v) is 21.5. The van der Waals surface area contributed by atoms with E-state index in [0.717, 1.165) is 44.8 Å². The molecular weight excluding hydrogens is 485 g/mol. The summed E-state index contributed by atoms with van der Waals surface area (Å²) in [4.78, 5) is 22.5. The zero-order chi connectivity index (χ0) is 25.5. The van der Waals surface area contributed by atoms with E-state index < -0.39 is 0 Å². The summed E-state index contributed by atoms with van der Waals surface area (Å²) in [7, 11) is 4.55. The van der Waals surface area contributed by atoms with E-state index in [0.29, 0.717) is 40.2 Å². The van der Waals surface area contributed by atoms with Crippen LogP contribution in [0.5, 0.6) is 17.2 Å². The van der Waals surface area contributed by atoms with Crippen LogP contribution in [0.25, 0.3) is 11.3 Å². The van der Waals surface area contributed by atoms with E-state index in [9.17, 15) is 9.18 Å². The second-order valence-corrected chi connectivity index (χ2v) is 9.04. The number of nitrogens with zero attached hydrogens (tertiary/aromatic N) is 3. The molecule has 2 aromatic carbocycles. The molecule has 0 aliphatic carbocycles. The van der Waals surface area contributed by atoms with Gasteiger partial charge < -0.3 is 18.9 Å². The summed E-state index contributed by atoms with van der Waals surface area (Å²) in [5.41, 5.74) is 1.87. The third kappa shape index (κ3) is 5.95. The summed E-state index contributed by atoms with van der Waals surface area (Å²) < 4.78 is 35.1. The summed E-state index contributed by atoms with van der Waals surface area (Å²) >= 11 is 1.37. The lowest BCUT2D eigenvalue weighted by molar-refractivity contribution is 0.0376. The van der Waals surface area contributed by atoms with Gasteiger partial charge in [0, 0.05) is 42.7 Å². The van der Waals surface area contributed by atoms with Gasteiger partial charge in [-0.25, -0.2) is 9.37 Å². The zero-order valence-electron chi connectivity index (χ0n) is 20.7. The first-order valence-electron chi connectivity index (χ1n) is 11.7. The minimum atomic E-state index is -0.309. The van der Waals surface area contributed by atoms with Crippen molar-refractivity contribution >= 4 is 22.4 Å². The quantitative estimate of drug-likeness (QED) is 0.398. The van der Waals surface area contributed by atoms with Crippen LogP contribution in [-0.4, -0.2) is 76.5 Å². The Bertz CT molecular complexity index is 1140. The van der Waals surface area contributed by atoms with Crippen molar-refractivity contribution in [1.29, 1.82) is 0 Å². The maximum atomic E-state index is 13.8. The Balaban J connectivity index is 1.62. The Kier molecular flexibility index (Phi) is 8.74. The Morgan fingerprint density at radius 1 is 1.08 bits per heavy atom. The van der Waals surface area contributed by atoms with Crippen LogP contribution in [0.15, 0.2) is 41.8 Å². The standard InChI is InChI=1S/C26H30FN3O5S/c1-32-22-15-19(16-23(33-2)24(22)34-3)25(31)30(10-4-9-29-11-13-35-14-12-29)26-28-21(17-36-26)18-5-7-20(27)8-6-18/h5-8,15-17H,4,9-14H2,1-3H3. The highest BCUT2D eigenvalue weighted by Gasteiger charge is 2.25. The SMILES string of the molecule is COc1cc(C(=O)N(CCCN2CCOCC2)c2nc(-c3ccc(F)cc3)cs2)cc(OC)c1OC. The average molecular weight is 516 g/mol. The summed E-state index contributed by atoms with van der Waals surface area (Å²) in [6, 6.07) is 9.45. The molecule has 0 saturated carbocycles. The number of anilines is 1. The topological polar surface area (TPSA) is 73.4 Å². The Labute approximate surface area is 214 Å². The molecule has 2 heterocycles. The number of morpholine rings is 1. The number of amides is 1. The van der Waals surface area contributed by atoms with E-state index >= 15 is 0 Å². The number of carbonyl (C=O) groups is 1. The van der Waals surface area contributed by atoms with Crippen LogP contribution in [0.2, 0.25) is 0 Å². The van der Waals surface area contributed by atoms with Gasteiger partial charge in [-0.3, -0.25) is 14.6 Å². The van der Waals surface area contributed by atoms with Gasteiger partial charge in [0.25, 0.3) is 5.91 Å². The molecule has 1 aliphatic heterocycles. The highest BCUT2D eigenvalue weighted by atomic mass is 32.1. The second-order valence-electron chi connectivity index (χ2n) is 8.20. The Hall–Kier alpha value is -3.21. The molecule has 1 aliphatic rings. The first kappa shape index (κ1) is 25.9. The van der Waals surface area contributed by atoms with Crippen molar-refractivity contribution in [2.45, 2.75) is 6.42 Å². The fourth-order valence-electron chi connectivity index (χ4n) is 4.06. The molecule has 1 fully saturated rings. The molecule has 0 spiro atoms. The van der Waals surface area contributed by atoms with E-state index in [1.807, 2.05) is 5.38 Å². The predicted octanol–water partition coefficient (Wildman–Crippen LogP) is 4.34. The minimum absolute atomic E-state index is 0.226. The number of carbonyl (C=O) groups excluding carboxylic acids is 1. The van der Waals surface area contributed by atoms with Crippen LogP contribution in [0.4, 0.5) is 9.52 Å². The molecule has 8 nitrogen and oxygen atoms in total. The number of hydrogen-bond acceptors (Lipinski definition) is 8. The number of thiazole rings is 1. The molecule has 0 radical (unpaired) electrons. The number of aromatic nitrogens is 1. The minimum Gasteiger partial charge on any atom is -0.493 e. The van der Waals surface area contributed by atoms with E-state index in [1.54, 1.807) is 29.2 Å². The number of halogens is 1. The van der Waals surface area contributed by atoms with Crippen LogP contribution in [0.3, 0.4) is 0 Å². The van der Waals surface area contributed by atoms with Crippen molar-refractivity contribution < 1.29 is 28.1 Å². The van der Waals surface area contributed by atoms with Crippen molar-refractivity contribution in [2.75, 3.05) is 65.6 Å². The van der Waals surface area contributed by atoms with Crippen molar-refractivity contribution in [1.82, 2.24) is 9.88 Å². The van der Waals surface area contributed by atoms with Crippen LogP contribution >= 0.6 is 11.3 Å². The van der Waals surface area contributed by atoms with Crippen molar-refractivity contribution in [3.63, 3.8) is 0 Å². The fraction of sp³-hybridized carbons (Fsp3) is 0.385. The molecule has 0 N–H and O–H groups in total. The summed E-state index contributed by atoms with van der Waals surface area (Å²) in [6.45, 7) is 4.53. The highest BCUT2D eigenvalue weighted by Crippen LogP contribution is 2.39. The predicted molar refractivity (Wildman–Crippen MR) is 137 cm³/mol. The number of methoxy groups -OCH3 is 3. The smallest absolute Gasteiger partial charge is 0.260 e. The largest absolute Gasteiger partial charge is 0.493 e. The van der Waals surface area contributed by atoms with Gasteiger partial charge in [-0.2, -0.15) is 0 Å². The lowest BCUT2D eigenvalue weighted by Crippen LogP contribution is -2.39. The maximum absolute atomic E-state index is 13.8. The summed E-state index contributed by atoms with van der Waals surface area (Å²) in [5.74, 6) is 0.690. The lowest BCUT2D eigenvalue weighted by Gasteiger charge is -2.28. The molecule has 4 rings (SSSR count). The maximum Gasteiger partial charge on any atom is 0.260 e. The molecule has 1 amide bonds. The van der Waals surface area contributed by atoms with E-state index in [4.69, 9.17) is 23.9 Å². The van der Waals surface area contributed by atoms with Gasteiger partial charge >= 0.3 is 0 Å². The lowest BCUT2D eigenvalue weighted by atomic mass is 10.1. The Morgan fingerprint density at radius 2 is 1.75 bits per heavy atom. The average Bonchev–Trinajstić information content (AvgIpc) is 3.40. The van der Waals surface area contributed by atoms with Gasteiger partial charge in [0.2, 0.25) is 5.75 Å². The van der Waals surface area contributed by atoms with E-state index in [-0.39, 0.29) is 11.7 Å². The Morgan fingerprint density at radius 3 is 2.36 bits per heavy atom. The molecular formula is C26H30FN3O5S. The number of rotatable bonds is 10. The number of ether oxygens (including phenoxy) is 4. The molecule has 192 valence electrons. The van der Waals surface area contributed by atoms with Crippen LogP contribution in [0.1, 0.15) is 16.8 Å². The molecule has 36 heavy (non-hydrogen) atoms. The van der Waals surface area contributed by atoms with Gasteiger partial charge in [-0.05, 0) is 42.8 Å². The van der Waals surface area contributed by atoms with Crippen LogP contribution in [0, 0.1) is 5.82 Å². The van der Waals surface area contributed by atoms with E-state index in [1.165, 1.54) is 44.8 Å². The van der Waals surface area contributed by atoms with Crippen LogP contribution in [-0.2, 0) is 4.74 Å². The van der Waals surface area contributed by atoms with Crippen LogP contribution < -0.4 is 19.1 Å². The summed E-state index contributed by atoms with van der Waals surface area (Å²) in [6.07, 6.45) is 0.766. The fourth-order valence-corrected chi connectivity index (χ4v) is 4.92. The number of benzene rings is 2.